The predicted molar refractivity (Wildman–Crippen MR) is 109 cm³/mol. The Hall–Kier alpha value is -3.74. The third-order valence-corrected chi connectivity index (χ3v) is 4.56. The fraction of sp³-hybridized carbons (Fsp3) is 0.174. The van der Waals surface area contributed by atoms with E-state index >= 15 is 0 Å². The number of hydrogen-bond donors (Lipinski definition) is 0. The lowest BCUT2D eigenvalue weighted by atomic mass is 10.1. The summed E-state index contributed by atoms with van der Waals surface area (Å²) in [6, 6.07) is 14.6. The third-order valence-electron chi connectivity index (χ3n) is 4.56. The highest BCUT2D eigenvalue weighted by Gasteiger charge is 2.25. The quantitative estimate of drug-likeness (QED) is 0.454. The van der Waals surface area contributed by atoms with Crippen LogP contribution in [0.2, 0.25) is 0 Å². The van der Waals surface area contributed by atoms with E-state index in [0.717, 1.165) is 11.3 Å². The molecule has 0 radical (unpaired) electrons. The second-order valence-electron chi connectivity index (χ2n) is 6.56. The minimum atomic E-state index is -1.16. The number of benzene rings is 2. The zero-order valence-corrected chi connectivity index (χ0v) is 16.8. The Kier molecular flexibility index (Phi) is 6.41. The fourth-order valence-corrected chi connectivity index (χ4v) is 3.02. The maximum absolute atomic E-state index is 13.2. The molecule has 30 heavy (non-hydrogen) atoms. The van der Waals surface area contributed by atoms with Gasteiger partial charge in [-0.15, -0.1) is 0 Å². The number of aryl methyl sites for hydroxylation is 1. The Morgan fingerprint density at radius 2 is 1.73 bits per heavy atom. The second-order valence-corrected chi connectivity index (χ2v) is 6.56. The number of carbonyl (C=O) groups excluding carboxylic acids is 2. The first kappa shape index (κ1) is 21.0. The van der Waals surface area contributed by atoms with Gasteiger partial charge in [-0.25, -0.2) is 18.7 Å². The topological polar surface area (TPSA) is 70.4 Å². The van der Waals surface area contributed by atoms with Crippen molar-refractivity contribution in [2.75, 3.05) is 7.11 Å². The van der Waals surface area contributed by atoms with E-state index in [1.54, 1.807) is 60.1 Å². The lowest BCUT2D eigenvalue weighted by Crippen LogP contribution is -2.20. The Labute approximate surface area is 173 Å². The van der Waals surface area contributed by atoms with Crippen LogP contribution in [-0.4, -0.2) is 28.8 Å². The number of hydrogen-bond acceptors (Lipinski definition) is 5. The van der Waals surface area contributed by atoms with E-state index in [4.69, 9.17) is 9.47 Å². The van der Waals surface area contributed by atoms with Crippen LogP contribution in [0.1, 0.15) is 28.6 Å². The molecule has 0 aliphatic heterocycles. The molecule has 7 heteroatoms. The maximum atomic E-state index is 13.2. The fourth-order valence-electron chi connectivity index (χ4n) is 3.02. The summed E-state index contributed by atoms with van der Waals surface area (Å²) in [6.07, 6.45) is 1.67. The molecule has 1 atom stereocenters. The largest absolute Gasteiger partial charge is 0.466 e. The summed E-state index contributed by atoms with van der Waals surface area (Å²) in [5.41, 5.74) is 3.41. The summed E-state index contributed by atoms with van der Waals surface area (Å²) in [6.45, 7) is 3.65. The van der Waals surface area contributed by atoms with Gasteiger partial charge in [0.15, 0.2) is 0 Å². The van der Waals surface area contributed by atoms with E-state index in [1.807, 2.05) is 6.92 Å². The minimum absolute atomic E-state index is 0.332. The molecule has 0 fully saturated rings. The minimum Gasteiger partial charge on any atom is -0.466 e. The summed E-state index contributed by atoms with van der Waals surface area (Å²) in [5.74, 6) is -1.69. The molecule has 0 amide bonds. The van der Waals surface area contributed by atoms with E-state index < -0.39 is 18.0 Å². The molecule has 1 heterocycles. The van der Waals surface area contributed by atoms with Crippen molar-refractivity contribution in [1.29, 1.82) is 0 Å². The average molecular weight is 408 g/mol. The van der Waals surface area contributed by atoms with Crippen molar-refractivity contribution < 1.29 is 23.5 Å². The van der Waals surface area contributed by atoms with Crippen LogP contribution in [0, 0.1) is 19.7 Å². The highest BCUT2D eigenvalue weighted by molar-refractivity contribution is 5.90. The van der Waals surface area contributed by atoms with Gasteiger partial charge in [0.05, 0.1) is 18.5 Å². The van der Waals surface area contributed by atoms with Gasteiger partial charge in [-0.1, -0.05) is 30.3 Å². The van der Waals surface area contributed by atoms with E-state index in [2.05, 4.69) is 5.10 Å². The zero-order chi connectivity index (χ0) is 21.7. The molecule has 0 bridgehead atoms. The standard InChI is InChI=1S/C23H21FN2O4/c1-15-20(16(2)26(25-15)19-11-9-18(24)10-12-19)13-14-21(27)30-22(23(28)29-3)17-7-5-4-6-8-17/h4-14,22H,1-3H3/b14-13+. The van der Waals surface area contributed by atoms with Crippen LogP contribution >= 0.6 is 0 Å². The van der Waals surface area contributed by atoms with Crippen LogP contribution in [0.15, 0.2) is 60.7 Å². The highest BCUT2D eigenvalue weighted by atomic mass is 19.1. The molecular weight excluding hydrogens is 387 g/mol. The smallest absolute Gasteiger partial charge is 0.351 e. The van der Waals surface area contributed by atoms with Gasteiger partial charge in [0.25, 0.3) is 0 Å². The van der Waals surface area contributed by atoms with Gasteiger partial charge in [0.2, 0.25) is 6.10 Å². The summed E-state index contributed by atoms with van der Waals surface area (Å²) in [5, 5.41) is 4.45. The first-order valence-corrected chi connectivity index (χ1v) is 9.24. The van der Waals surface area contributed by atoms with Crippen LogP contribution in [0.5, 0.6) is 0 Å². The zero-order valence-electron chi connectivity index (χ0n) is 16.8. The van der Waals surface area contributed by atoms with Crippen LogP contribution in [0.25, 0.3) is 11.8 Å². The lowest BCUT2D eigenvalue weighted by molar-refractivity contribution is -0.163. The number of esters is 2. The molecular formula is C23H21FN2O4. The van der Waals surface area contributed by atoms with Gasteiger partial charge in [-0.05, 0) is 44.2 Å². The van der Waals surface area contributed by atoms with Crippen molar-refractivity contribution in [1.82, 2.24) is 9.78 Å². The van der Waals surface area contributed by atoms with Gasteiger partial charge in [0, 0.05) is 22.9 Å². The Morgan fingerprint density at radius 1 is 1.07 bits per heavy atom. The molecule has 0 saturated carbocycles. The first-order chi connectivity index (χ1) is 14.4. The van der Waals surface area contributed by atoms with Crippen LogP contribution in [-0.2, 0) is 19.1 Å². The molecule has 3 rings (SSSR count). The van der Waals surface area contributed by atoms with Gasteiger partial charge < -0.3 is 9.47 Å². The van der Waals surface area contributed by atoms with E-state index in [-0.39, 0.29) is 5.82 Å². The Morgan fingerprint density at radius 3 is 2.37 bits per heavy atom. The van der Waals surface area contributed by atoms with E-state index in [0.29, 0.717) is 16.9 Å². The summed E-state index contributed by atoms with van der Waals surface area (Å²) in [4.78, 5) is 24.4. The SMILES string of the molecule is COC(=O)C(OC(=O)/C=C/c1c(C)nn(-c2ccc(F)cc2)c1C)c1ccccc1. The number of aromatic nitrogens is 2. The molecule has 0 spiro atoms. The van der Waals surface area contributed by atoms with E-state index in [9.17, 15) is 14.0 Å². The van der Waals surface area contributed by atoms with Crippen molar-refractivity contribution in [2.24, 2.45) is 0 Å². The molecule has 0 aliphatic rings. The number of carbonyl (C=O) groups is 2. The van der Waals surface area contributed by atoms with Crippen molar-refractivity contribution in [3.63, 3.8) is 0 Å². The Bertz CT molecular complexity index is 1070. The summed E-state index contributed by atoms with van der Waals surface area (Å²) < 4.78 is 24.9. The van der Waals surface area contributed by atoms with E-state index in [1.165, 1.54) is 25.3 Å². The van der Waals surface area contributed by atoms with Gasteiger partial charge in [0.1, 0.15) is 5.82 Å². The average Bonchev–Trinajstić information content (AvgIpc) is 3.04. The highest BCUT2D eigenvalue weighted by Crippen LogP contribution is 2.21. The molecule has 1 unspecified atom stereocenters. The monoisotopic (exact) mass is 408 g/mol. The van der Waals surface area contributed by atoms with Crippen LogP contribution in [0.3, 0.4) is 0 Å². The number of halogens is 1. The summed E-state index contributed by atoms with van der Waals surface area (Å²) in [7, 11) is 1.23. The molecule has 0 N–H and O–H groups in total. The lowest BCUT2D eigenvalue weighted by Gasteiger charge is -2.14. The number of nitrogens with zero attached hydrogens (tertiary/aromatic N) is 2. The molecule has 0 aliphatic carbocycles. The maximum Gasteiger partial charge on any atom is 0.351 e. The third kappa shape index (κ3) is 4.63. The van der Waals surface area contributed by atoms with Crippen molar-refractivity contribution >= 4 is 18.0 Å². The molecule has 3 aromatic rings. The summed E-state index contributed by atoms with van der Waals surface area (Å²) >= 11 is 0. The second kappa shape index (κ2) is 9.17. The normalized spacial score (nSPS) is 12.0. The first-order valence-electron chi connectivity index (χ1n) is 9.24. The van der Waals surface area contributed by atoms with Crippen molar-refractivity contribution in [3.05, 3.63) is 89.0 Å². The van der Waals surface area contributed by atoms with Gasteiger partial charge in [-0.2, -0.15) is 5.10 Å². The predicted octanol–water partition coefficient (Wildman–Crippen LogP) is 4.10. The van der Waals surface area contributed by atoms with Crippen molar-refractivity contribution in [2.45, 2.75) is 20.0 Å². The van der Waals surface area contributed by atoms with Gasteiger partial charge in [-0.3, -0.25) is 0 Å². The van der Waals surface area contributed by atoms with Crippen LogP contribution in [0.4, 0.5) is 4.39 Å². The number of methoxy groups -OCH3 is 1. The van der Waals surface area contributed by atoms with Crippen molar-refractivity contribution in [3.8, 4) is 5.69 Å². The molecule has 2 aromatic carbocycles. The number of rotatable bonds is 6. The molecule has 154 valence electrons. The molecule has 0 saturated heterocycles. The molecule has 6 nitrogen and oxygen atoms in total. The van der Waals surface area contributed by atoms with Crippen LogP contribution < -0.4 is 0 Å². The number of ether oxygens (including phenoxy) is 2. The van der Waals surface area contributed by atoms with Gasteiger partial charge >= 0.3 is 11.9 Å². The molecule has 1 aromatic heterocycles. The Balaban J connectivity index is 1.80.